The van der Waals surface area contributed by atoms with Gasteiger partial charge in [0.2, 0.25) is 0 Å². The summed E-state index contributed by atoms with van der Waals surface area (Å²) in [6, 6.07) is 4.60. The first-order valence-electron chi connectivity index (χ1n) is 7.77. The van der Waals surface area contributed by atoms with E-state index in [2.05, 4.69) is 0 Å². The van der Waals surface area contributed by atoms with E-state index < -0.39 is 30.9 Å². The molecule has 0 spiro atoms. The molecule has 1 fully saturated rings. The van der Waals surface area contributed by atoms with E-state index in [4.69, 9.17) is 24.1 Å². The molecule has 7 nitrogen and oxygen atoms in total. The van der Waals surface area contributed by atoms with Gasteiger partial charge in [-0.1, -0.05) is 0 Å². The molecule has 3 rings (SSSR count). The number of alkyl halides is 3. The van der Waals surface area contributed by atoms with Gasteiger partial charge in [-0.05, 0) is 12.1 Å². The molecule has 2 aromatic rings. The van der Waals surface area contributed by atoms with Gasteiger partial charge in [-0.25, -0.2) is 4.79 Å². The number of cyclic esters (lactones) is 1. The number of aliphatic hydroxyl groups is 2. The van der Waals surface area contributed by atoms with Crippen molar-refractivity contribution in [2.24, 2.45) is 0 Å². The quantitative estimate of drug-likeness (QED) is 0.806. The van der Waals surface area contributed by atoms with Crippen molar-refractivity contribution >= 4 is 22.7 Å². The fourth-order valence-electron chi connectivity index (χ4n) is 2.56. The van der Waals surface area contributed by atoms with Gasteiger partial charge in [0, 0.05) is 17.9 Å². The van der Waals surface area contributed by atoms with E-state index in [0.29, 0.717) is 16.7 Å². The summed E-state index contributed by atoms with van der Waals surface area (Å²) in [7, 11) is 0. The van der Waals surface area contributed by atoms with Crippen molar-refractivity contribution < 1.29 is 42.1 Å². The molecular weight excluding hydrogens is 359 g/mol. The number of hydrogen-bond acceptors (Lipinski definition) is 6. The third-order valence-electron chi connectivity index (χ3n) is 3.93. The number of halogens is 3. The summed E-state index contributed by atoms with van der Waals surface area (Å²) in [4.78, 5) is 13.2. The summed E-state index contributed by atoms with van der Waals surface area (Å²) >= 11 is 0. The first-order chi connectivity index (χ1) is 12.3. The second-order valence-corrected chi connectivity index (χ2v) is 5.77. The summed E-state index contributed by atoms with van der Waals surface area (Å²) in [5, 5.41) is 18.6. The highest BCUT2D eigenvalue weighted by molar-refractivity contribution is 6.01. The van der Waals surface area contributed by atoms with Crippen LogP contribution >= 0.6 is 0 Å². The number of fused-ring (bicyclic) bond motifs is 1. The van der Waals surface area contributed by atoms with Crippen LogP contribution in [0.25, 0.3) is 11.0 Å². The number of anilines is 1. The van der Waals surface area contributed by atoms with Gasteiger partial charge in [0.1, 0.15) is 23.7 Å². The van der Waals surface area contributed by atoms with Crippen LogP contribution in [0.3, 0.4) is 0 Å². The Labute approximate surface area is 145 Å². The number of amides is 1. The number of furan rings is 1. The first-order valence-corrected chi connectivity index (χ1v) is 7.77. The lowest BCUT2D eigenvalue weighted by Gasteiger charge is -2.14. The standard InChI is InChI=1S/C16H16F3NO6/c17-16(18,19)14(22)3-4-24-9-1-2-11-12(8-25-13(11)5-9)20-6-10(7-21)26-15(20)23/h1-2,5,8,10,14,21-22H,3-4,6-7H2/t10-,14?/m1/s1. The Morgan fingerprint density at radius 2 is 2.15 bits per heavy atom. The van der Waals surface area contributed by atoms with E-state index in [9.17, 15) is 18.0 Å². The molecule has 26 heavy (non-hydrogen) atoms. The zero-order valence-corrected chi connectivity index (χ0v) is 13.4. The van der Waals surface area contributed by atoms with Crippen molar-refractivity contribution in [1.82, 2.24) is 0 Å². The zero-order valence-electron chi connectivity index (χ0n) is 13.4. The minimum absolute atomic E-state index is 0.178. The normalized spacial score (nSPS) is 19.0. The van der Waals surface area contributed by atoms with Crippen molar-refractivity contribution in [1.29, 1.82) is 0 Å². The summed E-state index contributed by atoms with van der Waals surface area (Å²) < 4.78 is 52.3. The van der Waals surface area contributed by atoms with Crippen LogP contribution in [0.15, 0.2) is 28.9 Å². The number of rotatable bonds is 6. The molecule has 1 aliphatic rings. The third kappa shape index (κ3) is 3.70. The molecule has 1 aliphatic heterocycles. The highest BCUT2D eigenvalue weighted by Gasteiger charge is 2.37. The molecule has 1 unspecified atom stereocenters. The second kappa shape index (κ2) is 7.04. The fraction of sp³-hybridized carbons (Fsp3) is 0.438. The van der Waals surface area contributed by atoms with E-state index in [1.54, 1.807) is 6.07 Å². The van der Waals surface area contributed by atoms with Crippen molar-refractivity contribution in [2.75, 3.05) is 24.7 Å². The smallest absolute Gasteiger partial charge is 0.414 e. The van der Waals surface area contributed by atoms with Gasteiger partial charge in [-0.3, -0.25) is 4.90 Å². The van der Waals surface area contributed by atoms with Gasteiger partial charge < -0.3 is 24.1 Å². The van der Waals surface area contributed by atoms with Crippen LogP contribution in [0.2, 0.25) is 0 Å². The number of carbonyl (C=O) groups excluding carboxylic acids is 1. The lowest BCUT2D eigenvalue weighted by Crippen LogP contribution is -2.30. The van der Waals surface area contributed by atoms with Crippen LogP contribution in [-0.2, 0) is 4.74 Å². The first kappa shape index (κ1) is 18.3. The second-order valence-electron chi connectivity index (χ2n) is 5.77. The molecule has 0 bridgehead atoms. The van der Waals surface area contributed by atoms with E-state index >= 15 is 0 Å². The number of benzene rings is 1. The zero-order chi connectivity index (χ0) is 18.9. The Morgan fingerprint density at radius 1 is 1.38 bits per heavy atom. The summed E-state index contributed by atoms with van der Waals surface area (Å²) in [6.45, 7) is -0.437. The summed E-state index contributed by atoms with van der Waals surface area (Å²) in [6.07, 6.45) is -7.58. The largest absolute Gasteiger partial charge is 0.493 e. The Balaban J connectivity index is 1.69. The number of hydrogen-bond donors (Lipinski definition) is 2. The molecule has 1 saturated heterocycles. The van der Waals surface area contributed by atoms with E-state index in [1.807, 2.05) is 0 Å². The maximum Gasteiger partial charge on any atom is 0.414 e. The number of aliphatic hydroxyl groups excluding tert-OH is 2. The monoisotopic (exact) mass is 375 g/mol. The molecule has 2 N–H and O–H groups in total. The molecule has 1 amide bonds. The minimum atomic E-state index is -4.68. The SMILES string of the molecule is O=C1O[C@@H](CO)CN1c1coc2cc(OCCC(O)C(F)(F)F)ccc12. The number of carbonyl (C=O) groups is 1. The molecule has 0 radical (unpaired) electrons. The Morgan fingerprint density at radius 3 is 2.81 bits per heavy atom. The molecule has 2 atom stereocenters. The molecule has 1 aromatic heterocycles. The van der Waals surface area contributed by atoms with E-state index in [-0.39, 0.29) is 25.5 Å². The Kier molecular flexibility index (Phi) is 4.97. The minimum Gasteiger partial charge on any atom is -0.493 e. The van der Waals surface area contributed by atoms with E-state index in [1.165, 1.54) is 23.3 Å². The number of ether oxygens (including phenoxy) is 2. The average molecular weight is 375 g/mol. The maximum absolute atomic E-state index is 12.2. The number of nitrogens with zero attached hydrogens (tertiary/aromatic N) is 1. The predicted molar refractivity (Wildman–Crippen MR) is 83.1 cm³/mol. The lowest BCUT2D eigenvalue weighted by molar-refractivity contribution is -0.206. The van der Waals surface area contributed by atoms with Crippen molar-refractivity contribution in [3.63, 3.8) is 0 Å². The molecule has 1 aromatic carbocycles. The third-order valence-corrected chi connectivity index (χ3v) is 3.93. The maximum atomic E-state index is 12.2. The summed E-state index contributed by atoms with van der Waals surface area (Å²) in [5.74, 6) is 0.269. The van der Waals surface area contributed by atoms with Crippen LogP contribution in [-0.4, -0.2) is 54.4 Å². The highest BCUT2D eigenvalue weighted by Crippen LogP contribution is 2.34. The topological polar surface area (TPSA) is 92.4 Å². The van der Waals surface area contributed by atoms with Crippen LogP contribution < -0.4 is 9.64 Å². The molecule has 2 heterocycles. The Hall–Kier alpha value is -2.46. The van der Waals surface area contributed by atoms with Crippen LogP contribution in [0.4, 0.5) is 23.7 Å². The average Bonchev–Trinajstić information content (AvgIpc) is 3.16. The van der Waals surface area contributed by atoms with Crippen LogP contribution in [0.5, 0.6) is 5.75 Å². The molecular formula is C16H16F3NO6. The van der Waals surface area contributed by atoms with Gasteiger partial charge in [-0.15, -0.1) is 0 Å². The van der Waals surface area contributed by atoms with Gasteiger partial charge in [0.05, 0.1) is 25.4 Å². The van der Waals surface area contributed by atoms with Gasteiger partial charge in [-0.2, -0.15) is 13.2 Å². The predicted octanol–water partition coefficient (Wildman–Crippen LogP) is 2.44. The van der Waals surface area contributed by atoms with Crippen molar-refractivity contribution in [3.05, 3.63) is 24.5 Å². The lowest BCUT2D eigenvalue weighted by atomic mass is 10.2. The van der Waals surface area contributed by atoms with Crippen LogP contribution in [0.1, 0.15) is 6.42 Å². The van der Waals surface area contributed by atoms with Crippen LogP contribution in [0, 0.1) is 0 Å². The molecule has 0 saturated carbocycles. The Bertz CT molecular complexity index is 790. The van der Waals surface area contributed by atoms with Crippen molar-refractivity contribution in [3.8, 4) is 5.75 Å². The van der Waals surface area contributed by atoms with Gasteiger partial charge in [0.15, 0.2) is 6.10 Å². The van der Waals surface area contributed by atoms with Crippen molar-refractivity contribution in [2.45, 2.75) is 24.8 Å². The summed E-state index contributed by atoms with van der Waals surface area (Å²) in [5.41, 5.74) is 0.828. The molecule has 10 heteroatoms. The fourth-order valence-corrected chi connectivity index (χ4v) is 2.56. The van der Waals surface area contributed by atoms with Gasteiger partial charge in [0.25, 0.3) is 0 Å². The molecule has 0 aliphatic carbocycles. The molecule has 142 valence electrons. The highest BCUT2D eigenvalue weighted by atomic mass is 19.4. The van der Waals surface area contributed by atoms with Gasteiger partial charge >= 0.3 is 12.3 Å². The van der Waals surface area contributed by atoms with E-state index in [0.717, 1.165) is 0 Å².